The monoisotopic (exact) mass is 213 g/mol. The zero-order valence-electron chi connectivity index (χ0n) is 8.97. The second kappa shape index (κ2) is 5.81. The summed E-state index contributed by atoms with van der Waals surface area (Å²) in [6, 6.07) is 4.14. The Balaban J connectivity index is 2.78. The molecule has 0 spiro atoms. The van der Waals surface area contributed by atoms with Crippen LogP contribution in [0.15, 0.2) is 18.2 Å². The maximum atomic E-state index is 13.0. The lowest BCUT2D eigenvalue weighted by Gasteiger charge is -2.14. The molecule has 0 aliphatic carbocycles. The van der Waals surface area contributed by atoms with Crippen LogP contribution in [0.2, 0.25) is 0 Å². The summed E-state index contributed by atoms with van der Waals surface area (Å²) in [6.45, 7) is 2.68. The fourth-order valence-electron chi connectivity index (χ4n) is 1.74. The van der Waals surface area contributed by atoms with Gasteiger partial charge in [-0.15, -0.1) is 0 Å². The van der Waals surface area contributed by atoms with E-state index in [0.29, 0.717) is 6.54 Å². The van der Waals surface area contributed by atoms with E-state index in [4.69, 9.17) is 5.73 Å². The summed E-state index contributed by atoms with van der Waals surface area (Å²) in [4.78, 5) is 0. The smallest absolute Gasteiger partial charge is 0.159 e. The Bertz CT molecular complexity index is 312. The van der Waals surface area contributed by atoms with Gasteiger partial charge < -0.3 is 5.73 Å². The Morgan fingerprint density at radius 3 is 2.53 bits per heavy atom. The van der Waals surface area contributed by atoms with Gasteiger partial charge in [0, 0.05) is 0 Å². The van der Waals surface area contributed by atoms with Gasteiger partial charge in [-0.1, -0.05) is 13.0 Å². The highest BCUT2D eigenvalue weighted by Gasteiger charge is 2.11. The maximum Gasteiger partial charge on any atom is 0.159 e. The van der Waals surface area contributed by atoms with Gasteiger partial charge >= 0.3 is 0 Å². The van der Waals surface area contributed by atoms with Gasteiger partial charge in [0.15, 0.2) is 11.6 Å². The van der Waals surface area contributed by atoms with Crippen LogP contribution in [0.3, 0.4) is 0 Å². The summed E-state index contributed by atoms with van der Waals surface area (Å²) in [7, 11) is 0. The van der Waals surface area contributed by atoms with Crippen molar-refractivity contribution in [2.75, 3.05) is 6.54 Å². The lowest BCUT2D eigenvalue weighted by molar-refractivity contribution is 0.501. The van der Waals surface area contributed by atoms with Crippen LogP contribution in [-0.4, -0.2) is 6.54 Å². The van der Waals surface area contributed by atoms with Crippen molar-refractivity contribution in [2.24, 2.45) is 5.73 Å². The van der Waals surface area contributed by atoms with Gasteiger partial charge in [0.05, 0.1) is 0 Å². The number of hydrogen-bond acceptors (Lipinski definition) is 1. The third-order valence-corrected chi connectivity index (χ3v) is 2.66. The minimum absolute atomic E-state index is 0.281. The summed E-state index contributed by atoms with van der Waals surface area (Å²) >= 11 is 0. The molecule has 1 aromatic carbocycles. The van der Waals surface area contributed by atoms with Crippen LogP contribution >= 0.6 is 0 Å². The Hall–Kier alpha value is -0.960. The van der Waals surface area contributed by atoms with Crippen LogP contribution in [0, 0.1) is 11.6 Å². The molecule has 84 valence electrons. The molecule has 1 rings (SSSR count). The summed E-state index contributed by atoms with van der Waals surface area (Å²) in [5.74, 6) is -1.27. The molecule has 15 heavy (non-hydrogen) atoms. The van der Waals surface area contributed by atoms with Crippen LogP contribution in [0.1, 0.15) is 37.7 Å². The fourth-order valence-corrected chi connectivity index (χ4v) is 1.74. The van der Waals surface area contributed by atoms with Gasteiger partial charge in [-0.3, -0.25) is 0 Å². The molecule has 0 radical (unpaired) electrons. The summed E-state index contributed by atoms with van der Waals surface area (Å²) < 4.78 is 25.7. The van der Waals surface area contributed by atoms with Crippen LogP contribution in [-0.2, 0) is 0 Å². The van der Waals surface area contributed by atoms with Gasteiger partial charge in [-0.2, -0.15) is 0 Å². The van der Waals surface area contributed by atoms with Crippen LogP contribution in [0.4, 0.5) is 8.78 Å². The van der Waals surface area contributed by atoms with Crippen molar-refractivity contribution >= 4 is 0 Å². The summed E-state index contributed by atoms with van der Waals surface area (Å²) in [5.41, 5.74) is 6.30. The van der Waals surface area contributed by atoms with Crippen molar-refractivity contribution < 1.29 is 8.78 Å². The van der Waals surface area contributed by atoms with E-state index in [1.54, 1.807) is 6.07 Å². The lowest BCUT2D eigenvalue weighted by Crippen LogP contribution is -2.04. The van der Waals surface area contributed by atoms with Crippen molar-refractivity contribution in [2.45, 2.75) is 32.1 Å². The zero-order chi connectivity index (χ0) is 11.3. The number of rotatable bonds is 5. The molecule has 2 N–H and O–H groups in total. The van der Waals surface area contributed by atoms with E-state index < -0.39 is 11.6 Å². The van der Waals surface area contributed by atoms with E-state index in [1.807, 2.05) is 6.92 Å². The van der Waals surface area contributed by atoms with Crippen LogP contribution < -0.4 is 5.73 Å². The van der Waals surface area contributed by atoms with Gasteiger partial charge in [-0.25, -0.2) is 8.78 Å². The lowest BCUT2D eigenvalue weighted by atomic mass is 9.92. The molecule has 0 fully saturated rings. The Morgan fingerprint density at radius 1 is 1.27 bits per heavy atom. The first-order valence-corrected chi connectivity index (χ1v) is 5.34. The van der Waals surface area contributed by atoms with Crippen molar-refractivity contribution in [3.05, 3.63) is 35.4 Å². The predicted octanol–water partition coefficient (Wildman–Crippen LogP) is 3.20. The number of benzene rings is 1. The predicted molar refractivity (Wildman–Crippen MR) is 57.7 cm³/mol. The second-order valence-electron chi connectivity index (χ2n) is 3.71. The molecule has 0 aliphatic heterocycles. The first-order valence-electron chi connectivity index (χ1n) is 5.34. The molecule has 1 unspecified atom stereocenters. The molecule has 3 heteroatoms. The topological polar surface area (TPSA) is 26.0 Å². The average Bonchev–Trinajstić information content (AvgIpc) is 2.24. The Morgan fingerprint density at radius 2 is 2.00 bits per heavy atom. The molecule has 0 aliphatic rings. The third kappa shape index (κ3) is 3.27. The maximum absolute atomic E-state index is 13.0. The molecule has 1 nitrogen and oxygen atoms in total. The molecule has 1 atom stereocenters. The van der Waals surface area contributed by atoms with Crippen LogP contribution in [0.25, 0.3) is 0 Å². The number of hydrogen-bond donors (Lipinski definition) is 1. The van der Waals surface area contributed by atoms with E-state index in [9.17, 15) is 8.78 Å². The molecule has 0 saturated heterocycles. The Kier molecular flexibility index (Phi) is 4.69. The summed E-state index contributed by atoms with van der Waals surface area (Å²) in [6.07, 6.45) is 2.76. The van der Waals surface area contributed by atoms with E-state index in [-0.39, 0.29) is 5.92 Å². The van der Waals surface area contributed by atoms with Crippen molar-refractivity contribution in [1.29, 1.82) is 0 Å². The molecular weight excluding hydrogens is 196 g/mol. The van der Waals surface area contributed by atoms with Crippen LogP contribution in [0.5, 0.6) is 0 Å². The fraction of sp³-hybridized carbons (Fsp3) is 0.500. The number of halogens is 2. The molecule has 1 aromatic rings. The molecule has 0 saturated carbocycles. The first kappa shape index (κ1) is 12.1. The average molecular weight is 213 g/mol. The molecule has 0 bridgehead atoms. The van der Waals surface area contributed by atoms with Crippen molar-refractivity contribution in [3.8, 4) is 0 Å². The second-order valence-corrected chi connectivity index (χ2v) is 3.71. The first-order chi connectivity index (χ1) is 7.19. The third-order valence-electron chi connectivity index (χ3n) is 2.66. The highest BCUT2D eigenvalue weighted by molar-refractivity contribution is 5.21. The van der Waals surface area contributed by atoms with Crippen molar-refractivity contribution in [3.63, 3.8) is 0 Å². The molecule has 0 aromatic heterocycles. The van der Waals surface area contributed by atoms with Gasteiger partial charge in [0.25, 0.3) is 0 Å². The minimum atomic E-state index is -0.785. The standard InChI is InChI=1S/C12H17F2N/c1-2-9(4-3-7-15)10-5-6-11(13)12(14)8-10/h5-6,8-9H,2-4,7,15H2,1H3. The van der Waals surface area contributed by atoms with E-state index >= 15 is 0 Å². The number of nitrogens with two attached hydrogens (primary N) is 1. The van der Waals surface area contributed by atoms with Gasteiger partial charge in [0.2, 0.25) is 0 Å². The minimum Gasteiger partial charge on any atom is -0.330 e. The normalized spacial score (nSPS) is 12.8. The SMILES string of the molecule is CCC(CCCN)c1ccc(F)c(F)c1. The zero-order valence-corrected chi connectivity index (χ0v) is 8.97. The highest BCUT2D eigenvalue weighted by Crippen LogP contribution is 2.25. The van der Waals surface area contributed by atoms with Crippen molar-refractivity contribution in [1.82, 2.24) is 0 Å². The van der Waals surface area contributed by atoms with E-state index in [1.165, 1.54) is 12.1 Å². The molecule has 0 heterocycles. The largest absolute Gasteiger partial charge is 0.330 e. The molecular formula is C12H17F2N. The Labute approximate surface area is 89.3 Å². The van der Waals surface area contributed by atoms with E-state index in [2.05, 4.69) is 0 Å². The highest BCUT2D eigenvalue weighted by atomic mass is 19.2. The van der Waals surface area contributed by atoms with Gasteiger partial charge in [0.1, 0.15) is 0 Å². The molecule has 0 amide bonds. The quantitative estimate of drug-likeness (QED) is 0.798. The van der Waals surface area contributed by atoms with E-state index in [0.717, 1.165) is 24.8 Å². The van der Waals surface area contributed by atoms with Gasteiger partial charge in [-0.05, 0) is 49.4 Å². The summed E-state index contributed by atoms with van der Waals surface area (Å²) in [5, 5.41) is 0.